The second kappa shape index (κ2) is 6.13. The van der Waals surface area contributed by atoms with Crippen LogP contribution in [-0.2, 0) is 11.2 Å². The average Bonchev–Trinajstić information content (AvgIpc) is 2.77. The van der Waals surface area contributed by atoms with E-state index in [4.69, 9.17) is 4.74 Å². The standard InChI is InChI=1S/C14H19BrFNO/c1-9-12(5-6-18-9)14(17-2)8-10-7-11(16)3-4-13(10)15/h3-4,7,9,12,14,17H,5-6,8H2,1-2H3. The van der Waals surface area contributed by atoms with Crippen LogP contribution < -0.4 is 5.32 Å². The number of nitrogens with one attached hydrogen (secondary N) is 1. The lowest BCUT2D eigenvalue weighted by Gasteiger charge is -2.26. The van der Waals surface area contributed by atoms with E-state index in [0.717, 1.165) is 29.5 Å². The van der Waals surface area contributed by atoms with Gasteiger partial charge in [-0.15, -0.1) is 0 Å². The Labute approximate surface area is 116 Å². The minimum atomic E-state index is -0.182. The lowest BCUT2D eigenvalue weighted by atomic mass is 9.89. The molecule has 2 rings (SSSR count). The summed E-state index contributed by atoms with van der Waals surface area (Å²) in [6, 6.07) is 5.17. The average molecular weight is 316 g/mol. The van der Waals surface area contributed by atoms with Crippen LogP contribution in [0.2, 0.25) is 0 Å². The van der Waals surface area contributed by atoms with Crippen LogP contribution >= 0.6 is 15.9 Å². The molecule has 0 amide bonds. The second-order valence-corrected chi connectivity index (χ2v) is 5.72. The van der Waals surface area contributed by atoms with E-state index in [2.05, 4.69) is 28.2 Å². The number of likely N-dealkylation sites (N-methyl/N-ethyl adjacent to an activating group) is 1. The Morgan fingerprint density at radius 2 is 2.33 bits per heavy atom. The fourth-order valence-electron chi connectivity index (χ4n) is 2.68. The second-order valence-electron chi connectivity index (χ2n) is 4.86. The highest BCUT2D eigenvalue weighted by molar-refractivity contribution is 9.10. The predicted octanol–water partition coefficient (Wildman–Crippen LogP) is 3.14. The molecule has 100 valence electrons. The molecule has 18 heavy (non-hydrogen) atoms. The molecule has 1 N–H and O–H groups in total. The molecular weight excluding hydrogens is 297 g/mol. The zero-order valence-corrected chi connectivity index (χ0v) is 12.3. The van der Waals surface area contributed by atoms with Crippen molar-refractivity contribution in [2.45, 2.75) is 31.9 Å². The first kappa shape index (κ1) is 14.0. The first-order chi connectivity index (χ1) is 8.61. The van der Waals surface area contributed by atoms with Gasteiger partial charge in [-0.3, -0.25) is 0 Å². The van der Waals surface area contributed by atoms with E-state index >= 15 is 0 Å². The van der Waals surface area contributed by atoms with Gasteiger partial charge in [-0.1, -0.05) is 15.9 Å². The molecule has 2 nitrogen and oxygen atoms in total. The van der Waals surface area contributed by atoms with Crippen LogP contribution in [-0.4, -0.2) is 25.8 Å². The number of benzene rings is 1. The molecule has 1 heterocycles. The molecule has 1 aliphatic rings. The highest BCUT2D eigenvalue weighted by Gasteiger charge is 2.31. The number of ether oxygens (including phenoxy) is 1. The summed E-state index contributed by atoms with van der Waals surface area (Å²) in [5.41, 5.74) is 1.01. The Bertz CT molecular complexity index is 413. The normalized spacial score (nSPS) is 25.3. The Balaban J connectivity index is 2.12. The largest absolute Gasteiger partial charge is 0.378 e. The molecule has 4 heteroatoms. The quantitative estimate of drug-likeness (QED) is 0.921. The van der Waals surface area contributed by atoms with E-state index < -0.39 is 0 Å². The molecule has 1 fully saturated rings. The lowest BCUT2D eigenvalue weighted by molar-refractivity contribution is 0.0963. The third-order valence-corrected chi connectivity index (χ3v) is 4.54. The van der Waals surface area contributed by atoms with Crippen molar-refractivity contribution < 1.29 is 9.13 Å². The van der Waals surface area contributed by atoms with Crippen molar-refractivity contribution in [3.63, 3.8) is 0 Å². The minimum absolute atomic E-state index is 0.182. The molecule has 0 spiro atoms. The van der Waals surface area contributed by atoms with Gasteiger partial charge in [0.1, 0.15) is 5.82 Å². The van der Waals surface area contributed by atoms with Crippen LogP contribution in [0.25, 0.3) is 0 Å². The van der Waals surface area contributed by atoms with Crippen molar-refractivity contribution in [3.8, 4) is 0 Å². The molecule has 1 aliphatic heterocycles. The van der Waals surface area contributed by atoms with Gasteiger partial charge in [-0.2, -0.15) is 0 Å². The smallest absolute Gasteiger partial charge is 0.123 e. The summed E-state index contributed by atoms with van der Waals surface area (Å²) in [4.78, 5) is 0. The van der Waals surface area contributed by atoms with Gasteiger partial charge in [-0.05, 0) is 50.6 Å². The topological polar surface area (TPSA) is 21.3 Å². The van der Waals surface area contributed by atoms with Crippen LogP contribution in [0.5, 0.6) is 0 Å². The highest BCUT2D eigenvalue weighted by atomic mass is 79.9. The van der Waals surface area contributed by atoms with Gasteiger partial charge in [0.05, 0.1) is 6.10 Å². The molecule has 3 atom stereocenters. The van der Waals surface area contributed by atoms with E-state index in [1.807, 2.05) is 7.05 Å². The van der Waals surface area contributed by atoms with E-state index in [0.29, 0.717) is 12.0 Å². The Morgan fingerprint density at radius 3 is 2.94 bits per heavy atom. The third-order valence-electron chi connectivity index (χ3n) is 3.77. The van der Waals surface area contributed by atoms with Gasteiger partial charge in [0, 0.05) is 23.0 Å². The fourth-order valence-corrected chi connectivity index (χ4v) is 3.09. The summed E-state index contributed by atoms with van der Waals surface area (Å²) in [7, 11) is 1.96. The number of halogens is 2. The summed E-state index contributed by atoms with van der Waals surface area (Å²) >= 11 is 3.49. The minimum Gasteiger partial charge on any atom is -0.378 e. The maximum absolute atomic E-state index is 13.3. The van der Waals surface area contributed by atoms with E-state index in [1.54, 1.807) is 12.1 Å². The van der Waals surface area contributed by atoms with Crippen molar-refractivity contribution in [2.24, 2.45) is 5.92 Å². The summed E-state index contributed by atoms with van der Waals surface area (Å²) < 4.78 is 19.9. The molecule has 1 saturated heterocycles. The summed E-state index contributed by atoms with van der Waals surface area (Å²) in [5.74, 6) is 0.309. The summed E-state index contributed by atoms with van der Waals surface area (Å²) in [6.07, 6.45) is 2.15. The molecule has 1 aromatic carbocycles. The number of hydrogen-bond donors (Lipinski definition) is 1. The van der Waals surface area contributed by atoms with Crippen LogP contribution in [0.4, 0.5) is 4.39 Å². The summed E-state index contributed by atoms with van der Waals surface area (Å²) in [6.45, 7) is 2.94. The van der Waals surface area contributed by atoms with E-state index in [1.165, 1.54) is 6.07 Å². The number of rotatable bonds is 4. The first-order valence-electron chi connectivity index (χ1n) is 6.34. The summed E-state index contributed by atoms with van der Waals surface area (Å²) in [5, 5.41) is 3.35. The molecule has 0 aliphatic carbocycles. The molecule has 0 saturated carbocycles. The first-order valence-corrected chi connectivity index (χ1v) is 7.14. The van der Waals surface area contributed by atoms with Crippen LogP contribution in [0.15, 0.2) is 22.7 Å². The molecule has 3 unspecified atom stereocenters. The third kappa shape index (κ3) is 3.11. The van der Waals surface area contributed by atoms with Gasteiger partial charge in [0.2, 0.25) is 0 Å². The highest BCUT2D eigenvalue weighted by Crippen LogP contribution is 2.28. The van der Waals surface area contributed by atoms with Crippen molar-refractivity contribution >= 4 is 15.9 Å². The predicted molar refractivity (Wildman–Crippen MR) is 74.2 cm³/mol. The van der Waals surface area contributed by atoms with Gasteiger partial charge in [-0.25, -0.2) is 4.39 Å². The SMILES string of the molecule is CNC(Cc1cc(F)ccc1Br)C1CCOC1C. The molecule has 0 bridgehead atoms. The van der Waals surface area contributed by atoms with Crippen LogP contribution in [0.1, 0.15) is 18.9 Å². The lowest BCUT2D eigenvalue weighted by Crippen LogP contribution is -2.38. The van der Waals surface area contributed by atoms with Gasteiger partial charge < -0.3 is 10.1 Å². The number of hydrogen-bond acceptors (Lipinski definition) is 2. The Kier molecular flexibility index (Phi) is 4.76. The van der Waals surface area contributed by atoms with Crippen molar-refractivity contribution in [2.75, 3.05) is 13.7 Å². The van der Waals surface area contributed by atoms with Gasteiger partial charge >= 0.3 is 0 Å². The molecule has 0 radical (unpaired) electrons. The van der Waals surface area contributed by atoms with Crippen molar-refractivity contribution in [1.29, 1.82) is 0 Å². The maximum Gasteiger partial charge on any atom is 0.123 e. The fraction of sp³-hybridized carbons (Fsp3) is 0.571. The zero-order chi connectivity index (χ0) is 13.1. The van der Waals surface area contributed by atoms with Gasteiger partial charge in [0.25, 0.3) is 0 Å². The maximum atomic E-state index is 13.3. The zero-order valence-electron chi connectivity index (χ0n) is 10.7. The molecular formula is C14H19BrFNO. The Hall–Kier alpha value is -0.450. The van der Waals surface area contributed by atoms with E-state index in [-0.39, 0.29) is 11.9 Å². The monoisotopic (exact) mass is 315 g/mol. The Morgan fingerprint density at radius 1 is 1.56 bits per heavy atom. The molecule has 1 aromatic rings. The van der Waals surface area contributed by atoms with Crippen LogP contribution in [0.3, 0.4) is 0 Å². The van der Waals surface area contributed by atoms with Crippen LogP contribution in [0, 0.1) is 11.7 Å². The van der Waals surface area contributed by atoms with Gasteiger partial charge in [0.15, 0.2) is 0 Å². The van der Waals surface area contributed by atoms with Crippen molar-refractivity contribution in [3.05, 3.63) is 34.1 Å². The van der Waals surface area contributed by atoms with Crippen molar-refractivity contribution in [1.82, 2.24) is 5.32 Å². The van der Waals surface area contributed by atoms with E-state index in [9.17, 15) is 4.39 Å². The molecule has 0 aromatic heterocycles.